The standard InChI is InChI=1S/C10H14ClN5/c1-7(2)10-13-14-15(3)16(10)9-6-4-5-8(11)12-9/h4-7,14H,1-3H3. The van der Waals surface area contributed by atoms with Gasteiger partial charge in [0.1, 0.15) is 5.15 Å². The number of amidine groups is 1. The molecule has 2 heterocycles. The Morgan fingerprint density at radius 2 is 2.12 bits per heavy atom. The average Bonchev–Trinajstić information content (AvgIpc) is 2.60. The third-order valence-corrected chi connectivity index (χ3v) is 2.47. The first-order valence-corrected chi connectivity index (χ1v) is 5.47. The van der Waals surface area contributed by atoms with Crippen LogP contribution in [0.3, 0.4) is 0 Å². The molecule has 0 atom stereocenters. The van der Waals surface area contributed by atoms with Crippen molar-refractivity contribution < 1.29 is 0 Å². The van der Waals surface area contributed by atoms with Crippen LogP contribution in [0.2, 0.25) is 5.15 Å². The van der Waals surface area contributed by atoms with Gasteiger partial charge in [0.25, 0.3) is 0 Å². The maximum absolute atomic E-state index is 5.88. The van der Waals surface area contributed by atoms with Crippen molar-refractivity contribution in [3.63, 3.8) is 0 Å². The Bertz CT molecular complexity index is 417. The maximum atomic E-state index is 5.88. The zero-order chi connectivity index (χ0) is 11.7. The van der Waals surface area contributed by atoms with Gasteiger partial charge in [-0.25, -0.2) is 15.5 Å². The number of hydrazone groups is 1. The van der Waals surface area contributed by atoms with Crippen molar-refractivity contribution in [3.05, 3.63) is 23.4 Å². The largest absolute Gasteiger partial charge is 0.222 e. The molecule has 2 rings (SSSR count). The van der Waals surface area contributed by atoms with E-state index in [1.807, 2.05) is 24.2 Å². The molecule has 16 heavy (non-hydrogen) atoms. The molecule has 86 valence electrons. The number of aromatic nitrogens is 1. The highest BCUT2D eigenvalue weighted by atomic mass is 35.5. The normalized spacial score (nSPS) is 16.6. The minimum absolute atomic E-state index is 0.304. The van der Waals surface area contributed by atoms with Gasteiger partial charge < -0.3 is 0 Å². The number of pyridine rings is 1. The van der Waals surface area contributed by atoms with Crippen LogP contribution in [0.1, 0.15) is 13.8 Å². The fourth-order valence-electron chi connectivity index (χ4n) is 1.53. The van der Waals surface area contributed by atoms with Crippen molar-refractivity contribution in [2.45, 2.75) is 13.8 Å². The van der Waals surface area contributed by atoms with Gasteiger partial charge in [0.15, 0.2) is 11.7 Å². The van der Waals surface area contributed by atoms with Gasteiger partial charge in [0.05, 0.1) is 0 Å². The van der Waals surface area contributed by atoms with E-state index in [9.17, 15) is 0 Å². The summed E-state index contributed by atoms with van der Waals surface area (Å²) in [7, 11) is 1.88. The van der Waals surface area contributed by atoms with Crippen LogP contribution >= 0.6 is 11.6 Å². The highest BCUT2D eigenvalue weighted by Gasteiger charge is 2.27. The molecule has 0 aromatic carbocycles. The van der Waals surface area contributed by atoms with E-state index in [0.717, 1.165) is 11.7 Å². The van der Waals surface area contributed by atoms with E-state index in [0.29, 0.717) is 11.1 Å². The van der Waals surface area contributed by atoms with Crippen LogP contribution in [-0.4, -0.2) is 23.0 Å². The molecule has 0 radical (unpaired) electrons. The zero-order valence-corrected chi connectivity index (χ0v) is 10.2. The Morgan fingerprint density at radius 1 is 1.38 bits per heavy atom. The Balaban J connectivity index is 2.35. The molecule has 0 saturated heterocycles. The van der Waals surface area contributed by atoms with Crippen molar-refractivity contribution in [3.8, 4) is 0 Å². The summed E-state index contributed by atoms with van der Waals surface area (Å²) in [6.07, 6.45) is 0. The molecule has 0 bridgehead atoms. The molecule has 1 aromatic heterocycles. The summed E-state index contributed by atoms with van der Waals surface area (Å²) in [6.45, 7) is 4.16. The summed E-state index contributed by atoms with van der Waals surface area (Å²) in [6, 6.07) is 5.52. The maximum Gasteiger partial charge on any atom is 0.152 e. The number of rotatable bonds is 2. The molecule has 0 saturated carbocycles. The van der Waals surface area contributed by atoms with Gasteiger partial charge in [-0.2, -0.15) is 0 Å². The molecule has 5 nitrogen and oxygen atoms in total. The Morgan fingerprint density at radius 3 is 2.75 bits per heavy atom. The van der Waals surface area contributed by atoms with Crippen LogP contribution in [0.15, 0.2) is 23.3 Å². The Labute approximate surface area is 99.6 Å². The zero-order valence-electron chi connectivity index (χ0n) is 9.48. The average molecular weight is 240 g/mol. The molecule has 1 N–H and O–H groups in total. The van der Waals surface area contributed by atoms with Gasteiger partial charge in [0, 0.05) is 13.0 Å². The molecule has 0 aliphatic carbocycles. The number of halogens is 1. The summed E-state index contributed by atoms with van der Waals surface area (Å²) in [5, 5.41) is 8.38. The van der Waals surface area contributed by atoms with Crippen LogP contribution < -0.4 is 10.5 Å². The molecule has 0 amide bonds. The minimum atomic E-state index is 0.304. The van der Waals surface area contributed by atoms with Crippen LogP contribution in [0.4, 0.5) is 5.82 Å². The van der Waals surface area contributed by atoms with Gasteiger partial charge in [-0.3, -0.25) is 0 Å². The first-order valence-electron chi connectivity index (χ1n) is 5.09. The lowest BCUT2D eigenvalue weighted by molar-refractivity contribution is 0.275. The van der Waals surface area contributed by atoms with E-state index < -0.39 is 0 Å². The third kappa shape index (κ3) is 1.96. The van der Waals surface area contributed by atoms with Crippen molar-refractivity contribution in [1.82, 2.24) is 15.6 Å². The first-order chi connectivity index (χ1) is 7.59. The fraction of sp³-hybridized carbons (Fsp3) is 0.400. The van der Waals surface area contributed by atoms with E-state index in [-0.39, 0.29) is 0 Å². The second-order valence-electron chi connectivity index (χ2n) is 3.88. The first kappa shape index (κ1) is 11.2. The van der Waals surface area contributed by atoms with Gasteiger partial charge in [-0.15, -0.1) is 10.2 Å². The predicted molar refractivity (Wildman–Crippen MR) is 64.9 cm³/mol. The van der Waals surface area contributed by atoms with Crippen molar-refractivity contribution in [1.29, 1.82) is 0 Å². The molecular formula is C10H14ClN5. The van der Waals surface area contributed by atoms with E-state index in [4.69, 9.17) is 11.6 Å². The number of hydrogen-bond acceptors (Lipinski definition) is 5. The molecule has 0 fully saturated rings. The van der Waals surface area contributed by atoms with E-state index >= 15 is 0 Å². The highest BCUT2D eigenvalue weighted by Crippen LogP contribution is 2.20. The topological polar surface area (TPSA) is 43.8 Å². The molecular weight excluding hydrogens is 226 g/mol. The fourth-order valence-corrected chi connectivity index (χ4v) is 1.69. The number of anilines is 1. The van der Waals surface area contributed by atoms with Gasteiger partial charge in [-0.1, -0.05) is 31.5 Å². The lowest BCUT2D eigenvalue weighted by atomic mass is 10.2. The Hall–Kier alpha value is -1.33. The molecule has 0 unspecified atom stereocenters. The van der Waals surface area contributed by atoms with Crippen LogP contribution in [0, 0.1) is 5.92 Å². The van der Waals surface area contributed by atoms with Crippen LogP contribution in [0.25, 0.3) is 0 Å². The van der Waals surface area contributed by atoms with Gasteiger partial charge in [-0.05, 0) is 12.1 Å². The number of nitrogens with one attached hydrogen (secondary N) is 1. The minimum Gasteiger partial charge on any atom is -0.222 e. The van der Waals surface area contributed by atoms with Crippen molar-refractivity contribution >= 4 is 23.3 Å². The molecule has 6 heteroatoms. The highest BCUT2D eigenvalue weighted by molar-refractivity contribution is 6.29. The predicted octanol–water partition coefficient (Wildman–Crippen LogP) is 1.88. The lowest BCUT2D eigenvalue weighted by Gasteiger charge is -2.26. The van der Waals surface area contributed by atoms with Crippen LogP contribution in [0.5, 0.6) is 0 Å². The van der Waals surface area contributed by atoms with Crippen LogP contribution in [-0.2, 0) is 0 Å². The van der Waals surface area contributed by atoms with E-state index in [1.54, 1.807) is 11.2 Å². The summed E-state index contributed by atoms with van der Waals surface area (Å²) in [5.41, 5.74) is 2.88. The summed E-state index contributed by atoms with van der Waals surface area (Å²) >= 11 is 5.88. The SMILES string of the molecule is CC(C)C1=NNN(C)N1c1cccc(Cl)n1. The molecule has 1 aliphatic heterocycles. The van der Waals surface area contributed by atoms with Gasteiger partial charge >= 0.3 is 0 Å². The van der Waals surface area contributed by atoms with E-state index in [2.05, 4.69) is 29.5 Å². The number of hydrazine groups is 2. The summed E-state index contributed by atoms with van der Waals surface area (Å²) < 4.78 is 0. The molecule has 0 spiro atoms. The number of hydrogen-bond donors (Lipinski definition) is 1. The molecule has 1 aliphatic rings. The second kappa shape index (κ2) is 4.27. The number of nitrogens with zero attached hydrogens (tertiary/aromatic N) is 4. The third-order valence-electron chi connectivity index (χ3n) is 2.26. The van der Waals surface area contributed by atoms with Crippen molar-refractivity contribution in [2.75, 3.05) is 12.1 Å². The lowest BCUT2D eigenvalue weighted by Crippen LogP contribution is -2.44. The summed E-state index contributed by atoms with van der Waals surface area (Å²) in [5.74, 6) is 1.97. The van der Waals surface area contributed by atoms with Crippen molar-refractivity contribution in [2.24, 2.45) is 11.0 Å². The monoisotopic (exact) mass is 239 g/mol. The summed E-state index contributed by atoms with van der Waals surface area (Å²) in [4.78, 5) is 4.27. The quantitative estimate of drug-likeness (QED) is 0.801. The van der Waals surface area contributed by atoms with Gasteiger partial charge in [0.2, 0.25) is 0 Å². The molecule has 1 aromatic rings. The Kier molecular flexibility index (Phi) is 2.98. The second-order valence-corrected chi connectivity index (χ2v) is 4.27. The van der Waals surface area contributed by atoms with E-state index in [1.165, 1.54) is 0 Å². The smallest absolute Gasteiger partial charge is 0.152 e.